The van der Waals surface area contributed by atoms with Crippen LogP contribution in [0.5, 0.6) is 0 Å². The number of benzene rings is 2. The molecule has 3 N–H and O–H groups in total. The van der Waals surface area contributed by atoms with E-state index in [9.17, 15) is 19.1 Å². The second-order valence-electron chi connectivity index (χ2n) is 6.24. The van der Waals surface area contributed by atoms with Crippen LogP contribution in [0.25, 0.3) is 0 Å². The van der Waals surface area contributed by atoms with Crippen molar-refractivity contribution in [3.63, 3.8) is 0 Å². The van der Waals surface area contributed by atoms with Crippen LogP contribution in [0.4, 0.5) is 15.8 Å². The Kier molecular flexibility index (Phi) is 4.81. The molecule has 0 bridgehead atoms. The van der Waals surface area contributed by atoms with Gasteiger partial charge in [-0.2, -0.15) is 0 Å². The SMILES string of the molecule is O=C(Cc1ccc(NC(=O)C2(O)CCC2)cc1)Nc1ccccc1F. The summed E-state index contributed by atoms with van der Waals surface area (Å²) in [6.45, 7) is 0. The zero-order valence-corrected chi connectivity index (χ0v) is 13.6. The molecule has 2 aromatic rings. The molecule has 1 saturated carbocycles. The van der Waals surface area contributed by atoms with Gasteiger partial charge in [-0.1, -0.05) is 24.3 Å². The minimum absolute atomic E-state index is 0.0898. The number of hydrogen-bond acceptors (Lipinski definition) is 3. The summed E-state index contributed by atoms with van der Waals surface area (Å²) in [5, 5.41) is 15.2. The van der Waals surface area contributed by atoms with E-state index >= 15 is 0 Å². The topological polar surface area (TPSA) is 78.4 Å². The smallest absolute Gasteiger partial charge is 0.256 e. The second kappa shape index (κ2) is 7.03. The zero-order chi connectivity index (χ0) is 17.9. The molecular weight excluding hydrogens is 323 g/mol. The molecule has 1 aliphatic rings. The average molecular weight is 342 g/mol. The van der Waals surface area contributed by atoms with Crippen LogP contribution in [0.15, 0.2) is 48.5 Å². The van der Waals surface area contributed by atoms with E-state index in [1.807, 2.05) is 0 Å². The Morgan fingerprint density at radius 3 is 2.32 bits per heavy atom. The number of hydrogen-bond donors (Lipinski definition) is 3. The molecule has 2 amide bonds. The fraction of sp³-hybridized carbons (Fsp3) is 0.263. The molecule has 1 fully saturated rings. The molecule has 0 saturated heterocycles. The lowest BCUT2D eigenvalue weighted by molar-refractivity contribution is -0.142. The summed E-state index contributed by atoms with van der Waals surface area (Å²) in [5.41, 5.74) is 0.182. The summed E-state index contributed by atoms with van der Waals surface area (Å²) in [7, 11) is 0. The molecule has 3 rings (SSSR count). The van der Waals surface area contributed by atoms with Crippen molar-refractivity contribution in [1.29, 1.82) is 0 Å². The van der Waals surface area contributed by atoms with Crippen LogP contribution in [0, 0.1) is 5.82 Å². The van der Waals surface area contributed by atoms with Crippen molar-refractivity contribution in [1.82, 2.24) is 0 Å². The van der Waals surface area contributed by atoms with Crippen LogP contribution in [0.3, 0.4) is 0 Å². The van der Waals surface area contributed by atoms with Gasteiger partial charge in [0.05, 0.1) is 12.1 Å². The predicted octanol–water partition coefficient (Wildman–Crippen LogP) is 2.86. The third kappa shape index (κ3) is 4.03. The normalized spacial score (nSPS) is 15.1. The standard InChI is InChI=1S/C19H19FN2O3/c20-15-4-1-2-5-16(15)22-17(23)12-13-6-8-14(9-7-13)21-18(24)19(25)10-3-11-19/h1-2,4-9,25H,3,10-12H2,(H,21,24)(H,22,23). The summed E-state index contributed by atoms with van der Waals surface area (Å²) in [5.74, 6) is -1.21. The Morgan fingerprint density at radius 1 is 1.04 bits per heavy atom. The number of aliphatic hydroxyl groups is 1. The van der Waals surface area contributed by atoms with E-state index in [1.54, 1.807) is 36.4 Å². The fourth-order valence-corrected chi connectivity index (χ4v) is 2.63. The van der Waals surface area contributed by atoms with Gasteiger partial charge in [-0.15, -0.1) is 0 Å². The van der Waals surface area contributed by atoms with Gasteiger partial charge < -0.3 is 15.7 Å². The number of halogens is 1. The van der Waals surface area contributed by atoms with Gasteiger partial charge in [-0.25, -0.2) is 4.39 Å². The first-order valence-electron chi connectivity index (χ1n) is 8.13. The highest BCUT2D eigenvalue weighted by Crippen LogP contribution is 2.32. The molecule has 2 aromatic carbocycles. The summed E-state index contributed by atoms with van der Waals surface area (Å²) in [4.78, 5) is 23.9. The quantitative estimate of drug-likeness (QED) is 0.782. The highest BCUT2D eigenvalue weighted by Gasteiger charge is 2.41. The van der Waals surface area contributed by atoms with Gasteiger partial charge in [-0.3, -0.25) is 9.59 Å². The van der Waals surface area contributed by atoms with Gasteiger partial charge in [0.25, 0.3) is 5.91 Å². The predicted molar refractivity (Wildman–Crippen MR) is 92.6 cm³/mol. The van der Waals surface area contributed by atoms with Crippen molar-refractivity contribution in [2.24, 2.45) is 0 Å². The van der Waals surface area contributed by atoms with Gasteiger partial charge in [0.15, 0.2) is 0 Å². The Morgan fingerprint density at radius 2 is 1.72 bits per heavy atom. The maximum absolute atomic E-state index is 13.5. The van der Waals surface area contributed by atoms with Crippen molar-refractivity contribution >= 4 is 23.2 Å². The van der Waals surface area contributed by atoms with E-state index in [4.69, 9.17) is 0 Å². The van der Waals surface area contributed by atoms with E-state index in [0.717, 1.165) is 12.0 Å². The molecule has 25 heavy (non-hydrogen) atoms. The molecule has 1 aliphatic carbocycles. The number of carbonyl (C=O) groups excluding carboxylic acids is 2. The lowest BCUT2D eigenvalue weighted by atomic mass is 9.79. The number of amides is 2. The molecule has 6 heteroatoms. The van der Waals surface area contributed by atoms with Crippen LogP contribution in [-0.2, 0) is 16.0 Å². The lowest BCUT2D eigenvalue weighted by Gasteiger charge is -2.34. The highest BCUT2D eigenvalue weighted by molar-refractivity contribution is 5.98. The molecular formula is C19H19FN2O3. The van der Waals surface area contributed by atoms with E-state index < -0.39 is 17.3 Å². The number of rotatable bonds is 5. The maximum Gasteiger partial charge on any atom is 0.256 e. The van der Waals surface area contributed by atoms with Crippen molar-refractivity contribution in [3.8, 4) is 0 Å². The minimum atomic E-state index is -1.25. The minimum Gasteiger partial charge on any atom is -0.380 e. The second-order valence-corrected chi connectivity index (χ2v) is 6.24. The average Bonchev–Trinajstić information content (AvgIpc) is 2.56. The van der Waals surface area contributed by atoms with Gasteiger partial charge in [0.1, 0.15) is 11.4 Å². The summed E-state index contributed by atoms with van der Waals surface area (Å²) in [6.07, 6.45) is 1.90. The maximum atomic E-state index is 13.5. The van der Waals surface area contributed by atoms with Gasteiger partial charge in [-0.05, 0) is 49.1 Å². The Balaban J connectivity index is 1.56. The molecule has 0 atom stereocenters. The molecule has 0 spiro atoms. The fourth-order valence-electron chi connectivity index (χ4n) is 2.63. The molecule has 0 aliphatic heterocycles. The van der Waals surface area contributed by atoms with Crippen molar-refractivity contribution < 1.29 is 19.1 Å². The molecule has 130 valence electrons. The number of nitrogens with one attached hydrogen (secondary N) is 2. The molecule has 0 aromatic heterocycles. The van der Waals surface area contributed by atoms with Crippen LogP contribution in [-0.4, -0.2) is 22.5 Å². The third-order valence-electron chi connectivity index (χ3n) is 4.33. The molecule has 0 heterocycles. The number of carbonyl (C=O) groups is 2. The highest BCUT2D eigenvalue weighted by atomic mass is 19.1. The van der Waals surface area contributed by atoms with Crippen LogP contribution in [0.1, 0.15) is 24.8 Å². The lowest BCUT2D eigenvalue weighted by Crippen LogP contribution is -2.48. The van der Waals surface area contributed by atoms with E-state index in [-0.39, 0.29) is 18.0 Å². The first-order valence-corrected chi connectivity index (χ1v) is 8.13. The number of anilines is 2. The molecule has 0 radical (unpaired) electrons. The Bertz CT molecular complexity index is 786. The van der Waals surface area contributed by atoms with Crippen LogP contribution in [0.2, 0.25) is 0 Å². The first kappa shape index (κ1) is 17.1. The summed E-state index contributed by atoms with van der Waals surface area (Å²) < 4.78 is 13.5. The monoisotopic (exact) mass is 342 g/mol. The molecule has 0 unspecified atom stereocenters. The summed E-state index contributed by atoms with van der Waals surface area (Å²) in [6, 6.07) is 12.7. The van der Waals surface area contributed by atoms with E-state index in [2.05, 4.69) is 10.6 Å². The number of para-hydroxylation sites is 1. The zero-order valence-electron chi connectivity index (χ0n) is 13.6. The van der Waals surface area contributed by atoms with Crippen LogP contribution >= 0.6 is 0 Å². The van der Waals surface area contributed by atoms with Crippen molar-refractivity contribution in [3.05, 3.63) is 59.9 Å². The Hall–Kier alpha value is -2.73. The van der Waals surface area contributed by atoms with Gasteiger partial charge >= 0.3 is 0 Å². The first-order chi connectivity index (χ1) is 12.0. The van der Waals surface area contributed by atoms with Gasteiger partial charge in [0.2, 0.25) is 5.91 Å². The van der Waals surface area contributed by atoms with E-state index in [0.29, 0.717) is 18.5 Å². The van der Waals surface area contributed by atoms with Crippen molar-refractivity contribution in [2.45, 2.75) is 31.3 Å². The van der Waals surface area contributed by atoms with Gasteiger partial charge in [0, 0.05) is 5.69 Å². The van der Waals surface area contributed by atoms with Crippen molar-refractivity contribution in [2.75, 3.05) is 10.6 Å². The Labute approximate surface area is 144 Å². The largest absolute Gasteiger partial charge is 0.380 e. The molecule has 5 nitrogen and oxygen atoms in total. The van der Waals surface area contributed by atoms with Crippen LogP contribution < -0.4 is 10.6 Å². The third-order valence-corrected chi connectivity index (χ3v) is 4.33. The van der Waals surface area contributed by atoms with E-state index in [1.165, 1.54) is 12.1 Å². The summed E-state index contributed by atoms with van der Waals surface area (Å²) >= 11 is 0.